The van der Waals surface area contributed by atoms with Gasteiger partial charge in [0.1, 0.15) is 5.82 Å². The molecule has 2 aromatic carbocycles. The largest absolute Gasteiger partial charge is 0.335 e. The number of amides is 2. The van der Waals surface area contributed by atoms with Crippen LogP contribution in [0.1, 0.15) is 39.3 Å². The lowest BCUT2D eigenvalue weighted by Gasteiger charge is -2.34. The molecule has 2 amide bonds. The first kappa shape index (κ1) is 23.2. The summed E-state index contributed by atoms with van der Waals surface area (Å²) in [5.74, 6) is -0.406. The maximum Gasteiger partial charge on any atom is 0.274 e. The number of piperazine rings is 1. The molecule has 2 aliphatic rings. The van der Waals surface area contributed by atoms with E-state index in [1.165, 1.54) is 12.1 Å². The first-order valence-electron chi connectivity index (χ1n) is 12.1. The standard InChI is InChI=1S/C27H30FN5O2/c1-18-5-3-6-19(2)25(18)29-24(34)17-31-13-15-32(16-14-31)27(35)26-22-7-4-8-23(22)33(30-26)21-11-9-20(28)10-12-21/h3,5-6,9-12H,4,7-8,13-17H2,1-2H3,(H,29,34). The summed E-state index contributed by atoms with van der Waals surface area (Å²) in [6.45, 7) is 6.63. The number of aromatic nitrogens is 2. The van der Waals surface area contributed by atoms with E-state index in [1.807, 2.05) is 36.9 Å². The normalized spacial score (nSPS) is 15.8. The van der Waals surface area contributed by atoms with Gasteiger partial charge in [0.25, 0.3) is 5.91 Å². The summed E-state index contributed by atoms with van der Waals surface area (Å²) in [5.41, 5.74) is 6.28. The van der Waals surface area contributed by atoms with Crippen molar-refractivity contribution >= 4 is 17.5 Å². The average Bonchev–Trinajstić information content (AvgIpc) is 3.45. The van der Waals surface area contributed by atoms with Crippen molar-refractivity contribution in [1.29, 1.82) is 0 Å². The molecule has 1 saturated heterocycles. The number of anilines is 1. The van der Waals surface area contributed by atoms with Crippen LogP contribution in [0.15, 0.2) is 42.5 Å². The van der Waals surface area contributed by atoms with Crippen LogP contribution in [0.25, 0.3) is 5.69 Å². The summed E-state index contributed by atoms with van der Waals surface area (Å²) in [5, 5.41) is 7.70. The summed E-state index contributed by atoms with van der Waals surface area (Å²) in [7, 11) is 0. The Morgan fingerprint density at radius 1 is 0.971 bits per heavy atom. The molecule has 0 saturated carbocycles. The summed E-state index contributed by atoms with van der Waals surface area (Å²) in [4.78, 5) is 29.9. The van der Waals surface area contributed by atoms with Gasteiger partial charge in [0.05, 0.1) is 12.2 Å². The van der Waals surface area contributed by atoms with Crippen LogP contribution in [0.2, 0.25) is 0 Å². The van der Waals surface area contributed by atoms with E-state index in [1.54, 1.807) is 16.8 Å². The zero-order chi connectivity index (χ0) is 24.5. The third-order valence-corrected chi connectivity index (χ3v) is 6.98. The molecule has 0 bridgehead atoms. The molecule has 2 heterocycles. The fraction of sp³-hybridized carbons (Fsp3) is 0.370. The molecule has 3 aromatic rings. The predicted molar refractivity (Wildman–Crippen MR) is 132 cm³/mol. The molecular weight excluding hydrogens is 445 g/mol. The van der Waals surface area contributed by atoms with E-state index >= 15 is 0 Å². The lowest BCUT2D eigenvalue weighted by molar-refractivity contribution is -0.117. The Morgan fingerprint density at radius 3 is 2.34 bits per heavy atom. The molecule has 7 nitrogen and oxygen atoms in total. The molecule has 0 radical (unpaired) electrons. The maximum atomic E-state index is 13.4. The van der Waals surface area contributed by atoms with E-state index in [0.29, 0.717) is 38.4 Å². The van der Waals surface area contributed by atoms with Crippen LogP contribution in [-0.4, -0.2) is 64.1 Å². The Morgan fingerprint density at radius 2 is 1.66 bits per heavy atom. The second kappa shape index (κ2) is 9.62. The number of halogens is 1. The van der Waals surface area contributed by atoms with Gasteiger partial charge in [-0.2, -0.15) is 5.10 Å². The minimum absolute atomic E-state index is 0.0435. The van der Waals surface area contributed by atoms with Crippen LogP contribution in [0.5, 0.6) is 0 Å². The van der Waals surface area contributed by atoms with Crippen molar-refractivity contribution in [2.75, 3.05) is 38.0 Å². The van der Waals surface area contributed by atoms with E-state index < -0.39 is 0 Å². The molecule has 0 atom stereocenters. The van der Waals surface area contributed by atoms with E-state index in [4.69, 9.17) is 0 Å². The molecule has 5 rings (SSSR count). The fourth-order valence-corrected chi connectivity index (χ4v) is 5.06. The quantitative estimate of drug-likeness (QED) is 0.613. The second-order valence-electron chi connectivity index (χ2n) is 9.40. The molecule has 35 heavy (non-hydrogen) atoms. The fourth-order valence-electron chi connectivity index (χ4n) is 5.06. The smallest absolute Gasteiger partial charge is 0.274 e. The van der Waals surface area contributed by atoms with Crippen LogP contribution >= 0.6 is 0 Å². The number of carbonyl (C=O) groups excluding carboxylic acids is 2. The van der Waals surface area contributed by atoms with Crippen molar-refractivity contribution in [2.24, 2.45) is 0 Å². The molecule has 8 heteroatoms. The van der Waals surface area contributed by atoms with Gasteiger partial charge in [-0.3, -0.25) is 14.5 Å². The highest BCUT2D eigenvalue weighted by Gasteiger charge is 2.31. The predicted octanol–water partition coefficient (Wildman–Crippen LogP) is 3.51. The lowest BCUT2D eigenvalue weighted by atomic mass is 10.1. The van der Waals surface area contributed by atoms with Gasteiger partial charge in [-0.1, -0.05) is 18.2 Å². The van der Waals surface area contributed by atoms with Gasteiger partial charge in [0, 0.05) is 43.1 Å². The van der Waals surface area contributed by atoms with Crippen LogP contribution in [0, 0.1) is 19.7 Å². The number of nitrogens with one attached hydrogen (secondary N) is 1. The van der Waals surface area contributed by atoms with Crippen molar-refractivity contribution in [3.63, 3.8) is 0 Å². The summed E-state index contributed by atoms with van der Waals surface area (Å²) in [6, 6.07) is 12.2. The van der Waals surface area contributed by atoms with Crippen molar-refractivity contribution in [3.05, 3.63) is 76.4 Å². The zero-order valence-electron chi connectivity index (χ0n) is 20.2. The van der Waals surface area contributed by atoms with Gasteiger partial charge in [-0.15, -0.1) is 0 Å². The van der Waals surface area contributed by atoms with Gasteiger partial charge >= 0.3 is 0 Å². The highest BCUT2D eigenvalue weighted by atomic mass is 19.1. The molecule has 0 unspecified atom stereocenters. The number of nitrogens with zero attached hydrogens (tertiary/aromatic N) is 4. The first-order valence-corrected chi connectivity index (χ1v) is 12.1. The Labute approximate surface area is 204 Å². The van der Waals surface area contributed by atoms with Crippen LogP contribution in [0.3, 0.4) is 0 Å². The molecule has 1 fully saturated rings. The van der Waals surface area contributed by atoms with Gasteiger partial charge in [-0.25, -0.2) is 9.07 Å². The topological polar surface area (TPSA) is 70.5 Å². The van der Waals surface area contributed by atoms with Crippen molar-refractivity contribution < 1.29 is 14.0 Å². The zero-order valence-corrected chi connectivity index (χ0v) is 20.2. The number of fused-ring (bicyclic) bond motifs is 1. The lowest BCUT2D eigenvalue weighted by Crippen LogP contribution is -2.50. The van der Waals surface area contributed by atoms with Gasteiger partial charge in [-0.05, 0) is 68.5 Å². The van der Waals surface area contributed by atoms with E-state index in [2.05, 4.69) is 15.3 Å². The van der Waals surface area contributed by atoms with Crippen molar-refractivity contribution in [2.45, 2.75) is 33.1 Å². The molecule has 1 aliphatic carbocycles. The number of carbonyl (C=O) groups is 2. The number of rotatable bonds is 5. The molecular formula is C27H30FN5O2. The summed E-state index contributed by atoms with van der Waals surface area (Å²) in [6.07, 6.45) is 2.67. The van der Waals surface area contributed by atoms with E-state index in [-0.39, 0.29) is 17.6 Å². The number of para-hydroxylation sites is 1. The Hall–Kier alpha value is -3.52. The molecule has 1 aromatic heterocycles. The SMILES string of the molecule is Cc1cccc(C)c1NC(=O)CN1CCN(C(=O)c2nn(-c3ccc(F)cc3)c3c2CCC3)CC1. The summed E-state index contributed by atoms with van der Waals surface area (Å²) < 4.78 is 15.2. The minimum Gasteiger partial charge on any atom is -0.335 e. The van der Waals surface area contributed by atoms with Gasteiger partial charge in [0.2, 0.25) is 5.91 Å². The van der Waals surface area contributed by atoms with Crippen LogP contribution < -0.4 is 5.32 Å². The average molecular weight is 476 g/mol. The van der Waals surface area contributed by atoms with Crippen LogP contribution in [0.4, 0.5) is 10.1 Å². The van der Waals surface area contributed by atoms with Gasteiger partial charge < -0.3 is 10.2 Å². The van der Waals surface area contributed by atoms with Crippen molar-refractivity contribution in [3.8, 4) is 5.69 Å². The van der Waals surface area contributed by atoms with E-state index in [0.717, 1.165) is 53.0 Å². The monoisotopic (exact) mass is 475 g/mol. The molecule has 182 valence electrons. The number of benzene rings is 2. The van der Waals surface area contributed by atoms with Gasteiger partial charge in [0.15, 0.2) is 5.69 Å². The Balaban J connectivity index is 1.22. The third kappa shape index (κ3) is 4.71. The number of hydrogen-bond acceptors (Lipinski definition) is 4. The van der Waals surface area contributed by atoms with Crippen LogP contribution in [-0.2, 0) is 17.6 Å². The highest BCUT2D eigenvalue weighted by molar-refractivity contribution is 5.95. The summed E-state index contributed by atoms with van der Waals surface area (Å²) >= 11 is 0. The molecule has 1 aliphatic heterocycles. The number of aryl methyl sites for hydroxylation is 2. The Kier molecular flexibility index (Phi) is 6.38. The third-order valence-electron chi connectivity index (χ3n) is 6.98. The minimum atomic E-state index is -0.297. The molecule has 0 spiro atoms. The molecule has 1 N–H and O–H groups in total. The number of hydrogen-bond donors (Lipinski definition) is 1. The highest BCUT2D eigenvalue weighted by Crippen LogP contribution is 2.29. The Bertz CT molecular complexity index is 1240. The van der Waals surface area contributed by atoms with E-state index in [9.17, 15) is 14.0 Å². The second-order valence-corrected chi connectivity index (χ2v) is 9.40. The van der Waals surface area contributed by atoms with Crippen molar-refractivity contribution in [1.82, 2.24) is 19.6 Å². The first-order chi connectivity index (χ1) is 16.9. The maximum absolute atomic E-state index is 13.4.